The normalized spacial score (nSPS) is 17.2. The molecule has 0 aliphatic carbocycles. The maximum absolute atomic E-state index is 6.27. The van der Waals surface area contributed by atoms with Crippen LogP contribution in [-0.2, 0) is 9.47 Å². The van der Waals surface area contributed by atoms with Crippen molar-refractivity contribution in [3.05, 3.63) is 0 Å². The van der Waals surface area contributed by atoms with Crippen molar-refractivity contribution in [2.75, 3.05) is 39.5 Å². The van der Waals surface area contributed by atoms with Crippen LogP contribution in [0, 0.1) is 0 Å². The second kappa shape index (κ2) is 16.4. The Morgan fingerprint density at radius 1 is 0.792 bits per heavy atom. The van der Waals surface area contributed by atoms with E-state index in [1.165, 1.54) is 77.0 Å². The van der Waals surface area contributed by atoms with Crippen molar-refractivity contribution in [2.45, 2.75) is 97.0 Å². The van der Waals surface area contributed by atoms with E-state index in [0.717, 1.165) is 39.5 Å². The number of rotatable bonds is 16. The number of unbranched alkanes of at least 4 members (excludes halogenated alkanes) is 8. The van der Waals surface area contributed by atoms with Gasteiger partial charge in [-0.15, -0.1) is 0 Å². The van der Waals surface area contributed by atoms with Gasteiger partial charge in [0.25, 0.3) is 0 Å². The Hall–Kier alpha value is -0.120. The summed E-state index contributed by atoms with van der Waals surface area (Å²) in [6, 6.07) is 0. The molecule has 0 bridgehead atoms. The van der Waals surface area contributed by atoms with Crippen molar-refractivity contribution in [2.24, 2.45) is 0 Å². The third kappa shape index (κ3) is 12.3. The van der Waals surface area contributed by atoms with Crippen molar-refractivity contribution in [1.29, 1.82) is 0 Å². The minimum absolute atomic E-state index is 0.495. The smallest absolute Gasteiger partial charge is 0.0597 e. The van der Waals surface area contributed by atoms with Crippen LogP contribution in [0.4, 0.5) is 0 Å². The monoisotopic (exact) mass is 341 g/mol. The van der Waals surface area contributed by atoms with Gasteiger partial charge in [-0.3, -0.25) is 4.90 Å². The van der Waals surface area contributed by atoms with Crippen LogP contribution >= 0.6 is 0 Å². The van der Waals surface area contributed by atoms with Crippen molar-refractivity contribution in [1.82, 2.24) is 4.90 Å². The Labute approximate surface area is 151 Å². The van der Waals surface area contributed by atoms with Crippen molar-refractivity contribution < 1.29 is 9.47 Å². The van der Waals surface area contributed by atoms with E-state index < -0.39 is 0 Å². The molecule has 1 heterocycles. The maximum atomic E-state index is 6.27. The molecule has 0 amide bonds. The van der Waals surface area contributed by atoms with Crippen LogP contribution in [0.15, 0.2) is 0 Å². The van der Waals surface area contributed by atoms with Crippen LogP contribution in [-0.4, -0.2) is 50.5 Å². The molecule has 1 unspecified atom stereocenters. The van der Waals surface area contributed by atoms with Gasteiger partial charge in [-0.1, -0.05) is 78.1 Å². The van der Waals surface area contributed by atoms with Gasteiger partial charge in [0.05, 0.1) is 25.9 Å². The van der Waals surface area contributed by atoms with E-state index in [2.05, 4.69) is 18.7 Å². The first kappa shape index (κ1) is 21.9. The Morgan fingerprint density at radius 2 is 1.33 bits per heavy atom. The van der Waals surface area contributed by atoms with Gasteiger partial charge in [-0.05, 0) is 12.8 Å². The van der Waals surface area contributed by atoms with Crippen LogP contribution in [0.1, 0.15) is 90.9 Å². The van der Waals surface area contributed by atoms with Crippen molar-refractivity contribution in [3.63, 3.8) is 0 Å². The molecule has 3 heteroatoms. The van der Waals surface area contributed by atoms with Crippen LogP contribution in [0.2, 0.25) is 0 Å². The van der Waals surface area contributed by atoms with E-state index in [9.17, 15) is 0 Å². The third-order valence-corrected chi connectivity index (χ3v) is 5.12. The van der Waals surface area contributed by atoms with Gasteiger partial charge in [0.1, 0.15) is 0 Å². The second-order valence-electron chi connectivity index (χ2n) is 7.35. The third-order valence-electron chi connectivity index (χ3n) is 5.12. The average molecular weight is 342 g/mol. The Kier molecular flexibility index (Phi) is 14.9. The molecule has 1 rings (SSSR count). The van der Waals surface area contributed by atoms with E-state index in [4.69, 9.17) is 9.47 Å². The van der Waals surface area contributed by atoms with Gasteiger partial charge < -0.3 is 9.47 Å². The van der Waals surface area contributed by atoms with Crippen LogP contribution in [0.5, 0.6) is 0 Å². The van der Waals surface area contributed by atoms with Gasteiger partial charge in [-0.2, -0.15) is 0 Å². The van der Waals surface area contributed by atoms with Gasteiger partial charge in [0.15, 0.2) is 0 Å². The topological polar surface area (TPSA) is 21.7 Å². The summed E-state index contributed by atoms with van der Waals surface area (Å²) in [5.41, 5.74) is 0. The fourth-order valence-electron chi connectivity index (χ4n) is 3.44. The highest BCUT2D eigenvalue weighted by atomic mass is 16.5. The highest BCUT2D eigenvalue weighted by Crippen LogP contribution is 2.16. The molecule has 0 saturated carbocycles. The highest BCUT2D eigenvalue weighted by molar-refractivity contribution is 4.64. The van der Waals surface area contributed by atoms with Crippen molar-refractivity contribution >= 4 is 0 Å². The van der Waals surface area contributed by atoms with Gasteiger partial charge in [0, 0.05) is 19.6 Å². The van der Waals surface area contributed by atoms with E-state index >= 15 is 0 Å². The summed E-state index contributed by atoms with van der Waals surface area (Å²) in [7, 11) is 0. The molecule has 24 heavy (non-hydrogen) atoms. The zero-order valence-electron chi connectivity index (χ0n) is 16.6. The molecule has 1 saturated heterocycles. The first-order valence-corrected chi connectivity index (χ1v) is 10.8. The lowest BCUT2D eigenvalue weighted by Crippen LogP contribution is -2.38. The average Bonchev–Trinajstić information content (AvgIpc) is 2.62. The second-order valence-corrected chi connectivity index (χ2v) is 7.35. The number of morpholine rings is 1. The quantitative estimate of drug-likeness (QED) is 0.350. The molecule has 1 aliphatic heterocycles. The summed E-state index contributed by atoms with van der Waals surface area (Å²) in [5, 5.41) is 0. The first-order chi connectivity index (χ1) is 11.9. The van der Waals surface area contributed by atoms with Gasteiger partial charge >= 0.3 is 0 Å². The predicted molar refractivity (Wildman–Crippen MR) is 104 cm³/mol. The zero-order valence-corrected chi connectivity index (χ0v) is 16.6. The SMILES string of the molecule is CCCCCCCCC(CCCCCC)OCCN1CCOCC1. The van der Waals surface area contributed by atoms with E-state index in [0.29, 0.717) is 6.10 Å². The Morgan fingerprint density at radius 3 is 1.96 bits per heavy atom. The molecular weight excluding hydrogens is 298 g/mol. The zero-order chi connectivity index (χ0) is 17.3. The predicted octanol–water partition coefficient (Wildman–Crippen LogP) is 5.42. The summed E-state index contributed by atoms with van der Waals surface area (Å²) >= 11 is 0. The molecule has 144 valence electrons. The molecule has 0 aromatic rings. The van der Waals surface area contributed by atoms with Crippen LogP contribution in [0.3, 0.4) is 0 Å². The van der Waals surface area contributed by atoms with Crippen LogP contribution < -0.4 is 0 Å². The van der Waals surface area contributed by atoms with E-state index in [1.807, 2.05) is 0 Å². The Bertz CT molecular complexity index is 254. The fraction of sp³-hybridized carbons (Fsp3) is 1.00. The molecule has 1 fully saturated rings. The molecule has 0 aromatic carbocycles. The summed E-state index contributed by atoms with van der Waals surface area (Å²) in [6.45, 7) is 10.5. The summed E-state index contributed by atoms with van der Waals surface area (Å²) in [6.07, 6.45) is 16.7. The van der Waals surface area contributed by atoms with Crippen LogP contribution in [0.25, 0.3) is 0 Å². The number of hydrogen-bond donors (Lipinski definition) is 0. The molecule has 1 atom stereocenters. The standard InChI is InChI=1S/C21H43NO2/c1-3-5-7-9-10-12-14-21(13-11-8-6-4-2)24-20-17-22-15-18-23-19-16-22/h21H,3-20H2,1-2H3. The molecular formula is C21H43NO2. The lowest BCUT2D eigenvalue weighted by atomic mass is 10.0. The lowest BCUT2D eigenvalue weighted by Gasteiger charge is -2.27. The lowest BCUT2D eigenvalue weighted by molar-refractivity contribution is -0.00402. The Balaban J connectivity index is 2.12. The van der Waals surface area contributed by atoms with E-state index in [-0.39, 0.29) is 0 Å². The largest absolute Gasteiger partial charge is 0.379 e. The number of hydrogen-bond acceptors (Lipinski definition) is 3. The van der Waals surface area contributed by atoms with Gasteiger partial charge in [-0.25, -0.2) is 0 Å². The molecule has 0 radical (unpaired) electrons. The highest BCUT2D eigenvalue weighted by Gasteiger charge is 2.12. The van der Waals surface area contributed by atoms with E-state index in [1.54, 1.807) is 0 Å². The number of ether oxygens (including phenoxy) is 2. The molecule has 1 aliphatic rings. The summed E-state index contributed by atoms with van der Waals surface area (Å²) < 4.78 is 11.7. The minimum Gasteiger partial charge on any atom is -0.379 e. The summed E-state index contributed by atoms with van der Waals surface area (Å²) in [4.78, 5) is 2.47. The summed E-state index contributed by atoms with van der Waals surface area (Å²) in [5.74, 6) is 0. The van der Waals surface area contributed by atoms with Crippen molar-refractivity contribution in [3.8, 4) is 0 Å². The van der Waals surface area contributed by atoms with Gasteiger partial charge in [0.2, 0.25) is 0 Å². The maximum Gasteiger partial charge on any atom is 0.0597 e. The molecule has 3 nitrogen and oxygen atoms in total. The molecule has 0 spiro atoms. The fourth-order valence-corrected chi connectivity index (χ4v) is 3.44. The minimum atomic E-state index is 0.495. The molecule has 0 N–H and O–H groups in total. The first-order valence-electron chi connectivity index (χ1n) is 10.8. The molecule has 0 aromatic heterocycles. The number of nitrogens with zero attached hydrogens (tertiary/aromatic N) is 1.